The third-order valence-corrected chi connectivity index (χ3v) is 2.45. The minimum atomic E-state index is 0.277. The molecule has 2 aromatic carbocycles. The van der Waals surface area contributed by atoms with Crippen molar-refractivity contribution in [3.05, 3.63) is 48.5 Å². The molecule has 0 radical (unpaired) electrons. The predicted octanol–water partition coefficient (Wildman–Crippen LogP) is 3.49. The van der Waals surface area contributed by atoms with Crippen LogP contribution in [0.25, 0.3) is 16.8 Å². The predicted molar refractivity (Wildman–Crippen MR) is 68.4 cm³/mol. The highest BCUT2D eigenvalue weighted by Crippen LogP contribution is 2.28. The average Bonchev–Trinajstić information content (AvgIpc) is 2.35. The molecule has 0 aromatic heterocycles. The van der Waals surface area contributed by atoms with Crippen molar-refractivity contribution in [1.29, 1.82) is 0 Å². The molecular formula is C15H12O. The highest BCUT2D eigenvalue weighted by atomic mass is 16.5. The van der Waals surface area contributed by atoms with Gasteiger partial charge in [0.15, 0.2) is 0 Å². The van der Waals surface area contributed by atoms with E-state index in [9.17, 15) is 0 Å². The molecular weight excluding hydrogens is 196 g/mol. The molecule has 0 unspecified atom stereocenters. The van der Waals surface area contributed by atoms with Crippen molar-refractivity contribution in [1.82, 2.24) is 0 Å². The standard InChI is InChI=1S/C15H12O/c1-3-11-16-15-10-9-12-7-5-6-8-14(12)13(15)4-2/h1,4-10H,2,11H2. The SMILES string of the molecule is C#CCOc1ccc2ccccc2c1C=C. The van der Waals surface area contributed by atoms with Crippen molar-refractivity contribution in [2.75, 3.05) is 6.61 Å². The summed E-state index contributed by atoms with van der Waals surface area (Å²) in [5.74, 6) is 3.24. The second-order valence-corrected chi connectivity index (χ2v) is 3.40. The Bertz CT molecular complexity index is 561. The number of fused-ring (bicyclic) bond motifs is 1. The molecule has 0 aliphatic heterocycles. The van der Waals surface area contributed by atoms with Gasteiger partial charge in [0.2, 0.25) is 0 Å². The van der Waals surface area contributed by atoms with E-state index >= 15 is 0 Å². The van der Waals surface area contributed by atoms with Gasteiger partial charge in [-0.15, -0.1) is 6.42 Å². The van der Waals surface area contributed by atoms with Gasteiger partial charge in [0, 0.05) is 5.56 Å². The molecule has 1 heteroatoms. The molecule has 0 aliphatic rings. The van der Waals surface area contributed by atoms with Gasteiger partial charge in [0.25, 0.3) is 0 Å². The van der Waals surface area contributed by atoms with E-state index in [0.29, 0.717) is 0 Å². The molecule has 0 saturated heterocycles. The molecule has 0 spiro atoms. The van der Waals surface area contributed by atoms with E-state index in [1.807, 2.05) is 24.3 Å². The normalized spacial score (nSPS) is 9.69. The van der Waals surface area contributed by atoms with Gasteiger partial charge >= 0.3 is 0 Å². The van der Waals surface area contributed by atoms with E-state index in [1.165, 1.54) is 5.39 Å². The molecule has 0 heterocycles. The van der Waals surface area contributed by atoms with E-state index in [2.05, 4.69) is 24.6 Å². The number of hydrogen-bond acceptors (Lipinski definition) is 1. The van der Waals surface area contributed by atoms with E-state index in [1.54, 1.807) is 6.08 Å². The first-order valence-electron chi connectivity index (χ1n) is 5.07. The van der Waals surface area contributed by atoms with Gasteiger partial charge in [-0.25, -0.2) is 0 Å². The quantitative estimate of drug-likeness (QED) is 0.701. The van der Waals surface area contributed by atoms with Gasteiger partial charge in [-0.3, -0.25) is 0 Å². The highest BCUT2D eigenvalue weighted by molar-refractivity contribution is 5.92. The van der Waals surface area contributed by atoms with Crippen LogP contribution in [0.1, 0.15) is 5.56 Å². The van der Waals surface area contributed by atoms with E-state index in [4.69, 9.17) is 11.2 Å². The van der Waals surface area contributed by atoms with Crippen LogP contribution in [0.4, 0.5) is 0 Å². The van der Waals surface area contributed by atoms with Crippen molar-refractivity contribution in [3.63, 3.8) is 0 Å². The maximum atomic E-state index is 5.48. The molecule has 0 N–H and O–H groups in total. The second kappa shape index (κ2) is 4.55. The third-order valence-electron chi connectivity index (χ3n) is 2.45. The minimum Gasteiger partial charge on any atom is -0.480 e. The fourth-order valence-electron chi connectivity index (χ4n) is 1.73. The minimum absolute atomic E-state index is 0.277. The molecule has 0 amide bonds. The van der Waals surface area contributed by atoms with Gasteiger partial charge in [0.1, 0.15) is 12.4 Å². The third kappa shape index (κ3) is 1.78. The fourth-order valence-corrected chi connectivity index (χ4v) is 1.73. The summed E-state index contributed by atoms with van der Waals surface area (Å²) in [6.07, 6.45) is 6.98. The van der Waals surface area contributed by atoms with Gasteiger partial charge < -0.3 is 4.74 Å². The number of ether oxygens (including phenoxy) is 1. The molecule has 0 atom stereocenters. The Labute approximate surface area is 95.4 Å². The molecule has 78 valence electrons. The Morgan fingerprint density at radius 3 is 2.81 bits per heavy atom. The smallest absolute Gasteiger partial charge is 0.148 e. The van der Waals surface area contributed by atoms with E-state index < -0.39 is 0 Å². The first kappa shape index (κ1) is 10.3. The maximum absolute atomic E-state index is 5.48. The lowest BCUT2D eigenvalue weighted by Crippen LogP contribution is -1.95. The zero-order valence-electron chi connectivity index (χ0n) is 8.94. The summed E-state index contributed by atoms with van der Waals surface area (Å²) in [5.41, 5.74) is 0.994. The van der Waals surface area contributed by atoms with Gasteiger partial charge in [-0.1, -0.05) is 48.9 Å². The number of rotatable bonds is 3. The Hall–Kier alpha value is -2.20. The van der Waals surface area contributed by atoms with Crippen molar-refractivity contribution >= 4 is 16.8 Å². The average molecular weight is 208 g/mol. The summed E-state index contributed by atoms with van der Waals surface area (Å²) in [6, 6.07) is 12.1. The summed E-state index contributed by atoms with van der Waals surface area (Å²) in [4.78, 5) is 0. The second-order valence-electron chi connectivity index (χ2n) is 3.40. The van der Waals surface area contributed by atoms with Crippen LogP contribution in [0.5, 0.6) is 5.75 Å². The van der Waals surface area contributed by atoms with Gasteiger partial charge in [-0.05, 0) is 16.8 Å². The molecule has 0 saturated carbocycles. The molecule has 0 aliphatic carbocycles. The van der Waals surface area contributed by atoms with E-state index in [-0.39, 0.29) is 6.61 Å². The molecule has 16 heavy (non-hydrogen) atoms. The van der Waals surface area contributed by atoms with Crippen molar-refractivity contribution < 1.29 is 4.74 Å². The van der Waals surface area contributed by atoms with Crippen LogP contribution in [0.15, 0.2) is 43.0 Å². The number of hydrogen-bond donors (Lipinski definition) is 0. The van der Waals surface area contributed by atoms with Gasteiger partial charge in [-0.2, -0.15) is 0 Å². The summed E-state index contributed by atoms with van der Waals surface area (Å²) in [6.45, 7) is 4.10. The Morgan fingerprint density at radius 1 is 1.25 bits per heavy atom. The summed E-state index contributed by atoms with van der Waals surface area (Å²) < 4.78 is 5.48. The topological polar surface area (TPSA) is 9.23 Å². The van der Waals surface area contributed by atoms with Crippen LogP contribution in [0, 0.1) is 12.3 Å². The van der Waals surface area contributed by atoms with Crippen molar-refractivity contribution in [2.24, 2.45) is 0 Å². The first-order valence-corrected chi connectivity index (χ1v) is 5.07. The Kier molecular flexibility index (Phi) is 2.93. The molecule has 1 nitrogen and oxygen atoms in total. The summed E-state index contributed by atoms with van der Waals surface area (Å²) in [7, 11) is 0. The van der Waals surface area contributed by atoms with Crippen LogP contribution in [-0.4, -0.2) is 6.61 Å². The van der Waals surface area contributed by atoms with Crippen LogP contribution in [0.3, 0.4) is 0 Å². The molecule has 0 bridgehead atoms. The molecule has 2 rings (SSSR count). The largest absolute Gasteiger partial charge is 0.480 e. The lowest BCUT2D eigenvalue weighted by Gasteiger charge is -2.09. The monoisotopic (exact) mass is 208 g/mol. The lowest BCUT2D eigenvalue weighted by atomic mass is 10.0. The fraction of sp³-hybridized carbons (Fsp3) is 0.0667. The Balaban J connectivity index is 2.59. The van der Waals surface area contributed by atoms with Crippen LogP contribution in [0.2, 0.25) is 0 Å². The van der Waals surface area contributed by atoms with Crippen LogP contribution >= 0.6 is 0 Å². The first-order chi connectivity index (χ1) is 7.86. The molecule has 2 aromatic rings. The zero-order valence-corrected chi connectivity index (χ0v) is 8.94. The molecule has 0 fully saturated rings. The van der Waals surface area contributed by atoms with Gasteiger partial charge in [0.05, 0.1) is 0 Å². The van der Waals surface area contributed by atoms with Crippen molar-refractivity contribution in [3.8, 4) is 18.1 Å². The van der Waals surface area contributed by atoms with Crippen LogP contribution in [-0.2, 0) is 0 Å². The Morgan fingerprint density at radius 2 is 2.06 bits per heavy atom. The number of benzene rings is 2. The highest BCUT2D eigenvalue weighted by Gasteiger charge is 2.04. The summed E-state index contributed by atoms with van der Waals surface area (Å²) in [5, 5.41) is 2.30. The maximum Gasteiger partial charge on any atom is 0.148 e. The van der Waals surface area contributed by atoms with Crippen molar-refractivity contribution in [2.45, 2.75) is 0 Å². The summed E-state index contributed by atoms with van der Waals surface area (Å²) >= 11 is 0. The number of terminal acetylenes is 1. The zero-order chi connectivity index (χ0) is 11.4. The lowest BCUT2D eigenvalue weighted by molar-refractivity contribution is 0.370. The van der Waals surface area contributed by atoms with Crippen LogP contribution < -0.4 is 4.74 Å². The van der Waals surface area contributed by atoms with E-state index in [0.717, 1.165) is 16.7 Å².